The van der Waals surface area contributed by atoms with E-state index in [0.29, 0.717) is 0 Å². The van der Waals surface area contributed by atoms with Gasteiger partial charge in [0.15, 0.2) is 0 Å². The molecule has 0 nitrogen and oxygen atoms in total. The second kappa shape index (κ2) is 2.41. The normalized spacial score (nSPS) is 36.7. The molecule has 0 bridgehead atoms. The van der Waals surface area contributed by atoms with Gasteiger partial charge in [0.2, 0.25) is 0 Å². The predicted octanol–water partition coefficient (Wildman–Crippen LogP) is 3.14. The van der Waals surface area contributed by atoms with Gasteiger partial charge in [-0.15, -0.1) is 0 Å². The van der Waals surface area contributed by atoms with Gasteiger partial charge in [-0.3, -0.25) is 0 Å². The molecule has 2 aliphatic carbocycles. The van der Waals surface area contributed by atoms with Crippen LogP contribution in [-0.2, 0) is 0 Å². The van der Waals surface area contributed by atoms with Gasteiger partial charge in [-0.25, -0.2) is 0 Å². The molecule has 2 aliphatic rings. The lowest BCUT2D eigenvalue weighted by Crippen LogP contribution is -1.93. The third-order valence-electron chi connectivity index (χ3n) is 2.83. The molecule has 0 aliphatic heterocycles. The minimum atomic E-state index is 1.02. The van der Waals surface area contributed by atoms with E-state index in [1.165, 1.54) is 32.1 Å². The highest BCUT2D eigenvalue weighted by Crippen LogP contribution is 2.48. The van der Waals surface area contributed by atoms with Crippen molar-refractivity contribution in [1.29, 1.82) is 0 Å². The lowest BCUT2D eigenvalue weighted by Gasteiger charge is -2.10. The van der Waals surface area contributed by atoms with E-state index in [2.05, 4.69) is 13.0 Å². The molecule has 0 aromatic heterocycles. The van der Waals surface area contributed by atoms with E-state index in [4.69, 9.17) is 0 Å². The maximum absolute atomic E-state index is 2.55. The zero-order valence-corrected chi connectivity index (χ0v) is 6.77. The van der Waals surface area contributed by atoms with Crippen molar-refractivity contribution in [2.75, 3.05) is 0 Å². The Hall–Kier alpha value is -0.260. The highest BCUT2D eigenvalue weighted by atomic mass is 14.4. The maximum Gasteiger partial charge on any atom is -0.0199 e. The molecule has 1 fully saturated rings. The molecule has 0 heteroatoms. The van der Waals surface area contributed by atoms with Gasteiger partial charge in [-0.2, -0.15) is 0 Å². The third kappa shape index (κ3) is 1.12. The average Bonchev–Trinajstić information content (AvgIpc) is 2.66. The standard InChI is InChI=1S/C10H16/c1-2-3-8-4-5-9-7-10(9)6-8/h6,9-10H,2-5,7H2,1H3. The van der Waals surface area contributed by atoms with E-state index in [9.17, 15) is 0 Å². The van der Waals surface area contributed by atoms with Gasteiger partial charge in [-0.05, 0) is 37.5 Å². The van der Waals surface area contributed by atoms with Crippen molar-refractivity contribution in [3.63, 3.8) is 0 Å². The molecule has 1 saturated carbocycles. The molecule has 0 heterocycles. The molecule has 10 heavy (non-hydrogen) atoms. The topological polar surface area (TPSA) is 0 Å². The third-order valence-corrected chi connectivity index (χ3v) is 2.83. The SMILES string of the molecule is CCCC1=CC2CC2CC1. The van der Waals surface area contributed by atoms with Crippen molar-refractivity contribution in [3.8, 4) is 0 Å². The maximum atomic E-state index is 2.55. The first-order valence-corrected chi connectivity index (χ1v) is 4.59. The summed E-state index contributed by atoms with van der Waals surface area (Å²) in [6.07, 6.45) is 9.67. The van der Waals surface area contributed by atoms with Crippen LogP contribution in [0, 0.1) is 11.8 Å². The summed E-state index contributed by atoms with van der Waals surface area (Å²) in [5, 5.41) is 0. The van der Waals surface area contributed by atoms with Gasteiger partial charge in [-0.1, -0.05) is 25.0 Å². The largest absolute Gasteiger partial charge is 0.0819 e. The molecule has 0 aromatic rings. The van der Waals surface area contributed by atoms with E-state index < -0.39 is 0 Å². The summed E-state index contributed by atoms with van der Waals surface area (Å²) < 4.78 is 0. The van der Waals surface area contributed by atoms with Crippen molar-refractivity contribution >= 4 is 0 Å². The van der Waals surface area contributed by atoms with Crippen LogP contribution >= 0.6 is 0 Å². The highest BCUT2D eigenvalue weighted by Gasteiger charge is 2.37. The Kier molecular flexibility index (Phi) is 1.55. The van der Waals surface area contributed by atoms with Gasteiger partial charge in [0.1, 0.15) is 0 Å². The van der Waals surface area contributed by atoms with E-state index in [-0.39, 0.29) is 0 Å². The first-order chi connectivity index (χ1) is 4.90. The van der Waals surface area contributed by atoms with E-state index in [0.717, 1.165) is 11.8 Å². The van der Waals surface area contributed by atoms with E-state index in [1.54, 1.807) is 5.57 Å². The van der Waals surface area contributed by atoms with Gasteiger partial charge in [0.05, 0.1) is 0 Å². The second-order valence-corrected chi connectivity index (χ2v) is 3.77. The minimum absolute atomic E-state index is 1.02. The van der Waals surface area contributed by atoms with Crippen LogP contribution in [0.4, 0.5) is 0 Å². The monoisotopic (exact) mass is 136 g/mol. The van der Waals surface area contributed by atoms with Crippen LogP contribution < -0.4 is 0 Å². The fourth-order valence-corrected chi connectivity index (χ4v) is 2.09. The summed E-state index contributed by atoms with van der Waals surface area (Å²) >= 11 is 0. The van der Waals surface area contributed by atoms with E-state index >= 15 is 0 Å². The van der Waals surface area contributed by atoms with Crippen LogP contribution in [-0.4, -0.2) is 0 Å². The molecule has 0 radical (unpaired) electrons. The molecule has 0 aromatic carbocycles. The number of allylic oxidation sites excluding steroid dienone is 2. The van der Waals surface area contributed by atoms with Crippen LogP contribution in [0.25, 0.3) is 0 Å². The lowest BCUT2D eigenvalue weighted by molar-refractivity contribution is 0.635. The average molecular weight is 136 g/mol. The number of fused-ring (bicyclic) bond motifs is 1. The van der Waals surface area contributed by atoms with Crippen molar-refractivity contribution < 1.29 is 0 Å². The molecular weight excluding hydrogens is 120 g/mol. The summed E-state index contributed by atoms with van der Waals surface area (Å²) in [6.45, 7) is 2.28. The van der Waals surface area contributed by atoms with Gasteiger partial charge in [0, 0.05) is 0 Å². The van der Waals surface area contributed by atoms with Crippen LogP contribution in [0.3, 0.4) is 0 Å². The van der Waals surface area contributed by atoms with Crippen molar-refractivity contribution in [2.45, 2.75) is 39.0 Å². The van der Waals surface area contributed by atoms with Gasteiger partial charge in [0.25, 0.3) is 0 Å². The molecule has 2 unspecified atom stereocenters. The van der Waals surface area contributed by atoms with Gasteiger partial charge >= 0.3 is 0 Å². The second-order valence-electron chi connectivity index (χ2n) is 3.77. The lowest BCUT2D eigenvalue weighted by atomic mass is 9.96. The quantitative estimate of drug-likeness (QED) is 0.511. The molecule has 2 rings (SSSR count). The van der Waals surface area contributed by atoms with E-state index in [1.807, 2.05) is 0 Å². The molecule has 2 atom stereocenters. The summed E-state index contributed by atoms with van der Waals surface area (Å²) in [6, 6.07) is 0. The Morgan fingerprint density at radius 3 is 3.20 bits per heavy atom. The van der Waals surface area contributed by atoms with Crippen LogP contribution in [0.15, 0.2) is 11.6 Å². The smallest absolute Gasteiger partial charge is 0.0199 e. The Labute approximate surface area is 63.3 Å². The molecule has 56 valence electrons. The molecule has 0 N–H and O–H groups in total. The number of hydrogen-bond donors (Lipinski definition) is 0. The minimum Gasteiger partial charge on any atom is -0.0819 e. The first kappa shape index (κ1) is 6.45. The fraction of sp³-hybridized carbons (Fsp3) is 0.800. The Balaban J connectivity index is 1.94. The van der Waals surface area contributed by atoms with Crippen LogP contribution in [0.2, 0.25) is 0 Å². The van der Waals surface area contributed by atoms with Crippen molar-refractivity contribution in [3.05, 3.63) is 11.6 Å². The van der Waals surface area contributed by atoms with Crippen LogP contribution in [0.1, 0.15) is 39.0 Å². The zero-order chi connectivity index (χ0) is 6.97. The zero-order valence-electron chi connectivity index (χ0n) is 6.77. The highest BCUT2D eigenvalue weighted by molar-refractivity contribution is 5.15. The van der Waals surface area contributed by atoms with Crippen LogP contribution in [0.5, 0.6) is 0 Å². The summed E-state index contributed by atoms with van der Waals surface area (Å²) in [4.78, 5) is 0. The molecule has 0 saturated heterocycles. The number of hydrogen-bond acceptors (Lipinski definition) is 0. The summed E-state index contributed by atoms with van der Waals surface area (Å²) in [5.74, 6) is 2.14. The van der Waals surface area contributed by atoms with Crippen molar-refractivity contribution in [1.82, 2.24) is 0 Å². The Morgan fingerprint density at radius 2 is 2.50 bits per heavy atom. The number of rotatable bonds is 2. The Bertz CT molecular complexity index is 155. The Morgan fingerprint density at radius 1 is 1.60 bits per heavy atom. The predicted molar refractivity (Wildman–Crippen MR) is 43.8 cm³/mol. The molecular formula is C10H16. The van der Waals surface area contributed by atoms with Crippen molar-refractivity contribution in [2.24, 2.45) is 11.8 Å². The molecule has 0 amide bonds. The van der Waals surface area contributed by atoms with Gasteiger partial charge < -0.3 is 0 Å². The fourth-order valence-electron chi connectivity index (χ4n) is 2.09. The summed E-state index contributed by atoms with van der Waals surface area (Å²) in [7, 11) is 0. The first-order valence-electron chi connectivity index (χ1n) is 4.59. The summed E-state index contributed by atoms with van der Waals surface area (Å²) in [5.41, 5.74) is 1.75. The molecule has 0 spiro atoms.